The summed E-state index contributed by atoms with van der Waals surface area (Å²) in [5, 5.41) is 0.712. The molecule has 3 heteroatoms. The van der Waals surface area contributed by atoms with Gasteiger partial charge in [0.15, 0.2) is 5.43 Å². The number of nitrogens with zero attached hydrogens (tertiary/aromatic N) is 1. The number of methoxy groups -OCH3 is 1. The topological polar surface area (TPSA) is 31.2 Å². The molecule has 0 bridgehead atoms. The maximum Gasteiger partial charge on any atom is 0.190 e. The van der Waals surface area contributed by atoms with Crippen molar-refractivity contribution in [3.63, 3.8) is 0 Å². The number of pyridine rings is 1. The van der Waals surface area contributed by atoms with Crippen LogP contribution in [-0.4, -0.2) is 11.7 Å². The minimum atomic E-state index is 0.0219. The van der Waals surface area contributed by atoms with Crippen LogP contribution in [0, 0.1) is 0 Å². The highest BCUT2D eigenvalue weighted by Gasteiger charge is 2.12. The highest BCUT2D eigenvalue weighted by molar-refractivity contribution is 5.84. The quantitative estimate of drug-likeness (QED) is 0.548. The first-order valence-corrected chi connectivity index (χ1v) is 8.12. The van der Waals surface area contributed by atoms with Gasteiger partial charge in [0, 0.05) is 17.1 Å². The smallest absolute Gasteiger partial charge is 0.190 e. The summed E-state index contributed by atoms with van der Waals surface area (Å²) >= 11 is 0. The van der Waals surface area contributed by atoms with Gasteiger partial charge in [-0.1, -0.05) is 30.3 Å². The molecule has 0 spiro atoms. The van der Waals surface area contributed by atoms with Crippen LogP contribution in [0.5, 0.6) is 5.75 Å². The molecule has 0 saturated heterocycles. The van der Waals surface area contributed by atoms with Crippen molar-refractivity contribution in [2.45, 2.75) is 0 Å². The minimum absolute atomic E-state index is 0.0219. The Hall–Kier alpha value is -3.33. The van der Waals surface area contributed by atoms with E-state index in [9.17, 15) is 4.79 Å². The molecule has 1 heterocycles. The van der Waals surface area contributed by atoms with Gasteiger partial charge in [-0.2, -0.15) is 0 Å². The molecule has 0 unspecified atom stereocenters. The van der Waals surface area contributed by atoms with Gasteiger partial charge in [-0.05, 0) is 54.1 Å². The normalized spacial score (nSPS) is 10.8. The van der Waals surface area contributed by atoms with Crippen LogP contribution in [0.2, 0.25) is 0 Å². The van der Waals surface area contributed by atoms with E-state index in [2.05, 4.69) is 4.57 Å². The predicted octanol–water partition coefficient (Wildman–Crippen LogP) is 4.67. The molecular weight excluding hydrogens is 310 g/mol. The van der Waals surface area contributed by atoms with Gasteiger partial charge in [0.1, 0.15) is 5.75 Å². The number of hydrogen-bond acceptors (Lipinski definition) is 2. The summed E-state index contributed by atoms with van der Waals surface area (Å²) in [4.78, 5) is 12.6. The van der Waals surface area contributed by atoms with Gasteiger partial charge < -0.3 is 9.30 Å². The molecule has 0 atom stereocenters. The Labute approximate surface area is 145 Å². The maximum absolute atomic E-state index is 12.6. The summed E-state index contributed by atoms with van der Waals surface area (Å²) in [7, 11) is 1.64. The van der Waals surface area contributed by atoms with Crippen molar-refractivity contribution >= 4 is 10.9 Å². The van der Waals surface area contributed by atoms with Gasteiger partial charge in [-0.25, -0.2) is 0 Å². The molecule has 0 saturated carbocycles. The zero-order chi connectivity index (χ0) is 17.2. The van der Waals surface area contributed by atoms with E-state index in [0.717, 1.165) is 28.2 Å². The Morgan fingerprint density at radius 1 is 0.800 bits per heavy atom. The molecule has 0 amide bonds. The summed E-state index contributed by atoms with van der Waals surface area (Å²) in [5.41, 5.74) is 3.76. The van der Waals surface area contributed by atoms with Crippen LogP contribution in [0.15, 0.2) is 89.7 Å². The second kappa shape index (κ2) is 6.29. The van der Waals surface area contributed by atoms with Crippen molar-refractivity contribution < 1.29 is 4.74 Å². The fourth-order valence-corrected chi connectivity index (χ4v) is 3.10. The van der Waals surface area contributed by atoms with Crippen LogP contribution in [0.3, 0.4) is 0 Å². The molecule has 0 N–H and O–H groups in total. The Morgan fingerprint density at radius 3 is 2.20 bits per heavy atom. The molecule has 0 radical (unpaired) electrons. The van der Waals surface area contributed by atoms with Crippen molar-refractivity contribution in [1.29, 1.82) is 0 Å². The van der Waals surface area contributed by atoms with Crippen molar-refractivity contribution in [3.05, 3.63) is 95.2 Å². The van der Waals surface area contributed by atoms with E-state index >= 15 is 0 Å². The van der Waals surface area contributed by atoms with Crippen LogP contribution >= 0.6 is 0 Å². The second-order valence-electron chi connectivity index (χ2n) is 5.81. The monoisotopic (exact) mass is 327 g/mol. The Kier molecular flexibility index (Phi) is 3.82. The van der Waals surface area contributed by atoms with Crippen molar-refractivity contribution in [2.75, 3.05) is 7.11 Å². The van der Waals surface area contributed by atoms with Crippen LogP contribution in [0.1, 0.15) is 0 Å². The Balaban J connectivity index is 2.07. The van der Waals surface area contributed by atoms with Crippen LogP contribution in [0.25, 0.3) is 27.8 Å². The molecule has 122 valence electrons. The molecule has 0 aliphatic rings. The lowest BCUT2D eigenvalue weighted by Gasteiger charge is -2.17. The van der Waals surface area contributed by atoms with E-state index < -0.39 is 0 Å². The lowest BCUT2D eigenvalue weighted by atomic mass is 10.1. The van der Waals surface area contributed by atoms with Gasteiger partial charge in [-0.3, -0.25) is 4.79 Å². The van der Waals surface area contributed by atoms with E-state index in [-0.39, 0.29) is 5.43 Å². The summed E-state index contributed by atoms with van der Waals surface area (Å²) in [6.07, 6.45) is 0. The maximum atomic E-state index is 12.6. The minimum Gasteiger partial charge on any atom is -0.497 e. The Morgan fingerprint density at radius 2 is 1.48 bits per heavy atom. The number of ether oxygens (including phenoxy) is 1. The van der Waals surface area contributed by atoms with E-state index in [1.165, 1.54) is 0 Å². The number of rotatable bonds is 3. The standard InChI is InChI=1S/C22H17NO2/c1-25-18-13-11-16(12-14-18)21-15-22(24)19-9-5-6-10-20(19)23(21)17-7-3-2-4-8-17/h2-15H,1H3. The molecule has 0 fully saturated rings. The SMILES string of the molecule is COc1ccc(-c2cc(=O)c3ccccc3n2-c2ccccc2)cc1. The molecule has 25 heavy (non-hydrogen) atoms. The Bertz CT molecular complexity index is 1080. The number of fused-ring (bicyclic) bond motifs is 1. The van der Waals surface area contributed by atoms with Crippen LogP contribution in [-0.2, 0) is 0 Å². The van der Waals surface area contributed by atoms with E-state index in [4.69, 9.17) is 4.74 Å². The number of para-hydroxylation sites is 2. The average Bonchev–Trinajstić information content (AvgIpc) is 2.69. The van der Waals surface area contributed by atoms with E-state index in [0.29, 0.717) is 5.39 Å². The molecule has 3 nitrogen and oxygen atoms in total. The lowest BCUT2D eigenvalue weighted by molar-refractivity contribution is 0.415. The third-order valence-corrected chi connectivity index (χ3v) is 4.32. The molecule has 4 rings (SSSR count). The van der Waals surface area contributed by atoms with E-state index in [1.54, 1.807) is 13.2 Å². The van der Waals surface area contributed by atoms with E-state index in [1.807, 2.05) is 78.9 Å². The second-order valence-corrected chi connectivity index (χ2v) is 5.81. The highest BCUT2D eigenvalue weighted by Crippen LogP contribution is 2.28. The molecule has 4 aromatic rings. The molecule has 3 aromatic carbocycles. The van der Waals surface area contributed by atoms with Crippen LogP contribution in [0.4, 0.5) is 0 Å². The molecule has 1 aromatic heterocycles. The van der Waals surface area contributed by atoms with Crippen molar-refractivity contribution in [3.8, 4) is 22.7 Å². The van der Waals surface area contributed by atoms with Crippen molar-refractivity contribution in [2.24, 2.45) is 0 Å². The van der Waals surface area contributed by atoms with Crippen molar-refractivity contribution in [1.82, 2.24) is 4.57 Å². The molecule has 0 aliphatic carbocycles. The number of benzene rings is 3. The number of aromatic nitrogens is 1. The third kappa shape index (κ3) is 2.70. The fourth-order valence-electron chi connectivity index (χ4n) is 3.10. The largest absolute Gasteiger partial charge is 0.497 e. The highest BCUT2D eigenvalue weighted by atomic mass is 16.5. The van der Waals surface area contributed by atoms with Gasteiger partial charge in [0.25, 0.3) is 0 Å². The average molecular weight is 327 g/mol. The predicted molar refractivity (Wildman–Crippen MR) is 102 cm³/mol. The van der Waals surface area contributed by atoms with Gasteiger partial charge >= 0.3 is 0 Å². The van der Waals surface area contributed by atoms with Gasteiger partial charge in [-0.15, -0.1) is 0 Å². The fraction of sp³-hybridized carbons (Fsp3) is 0.0455. The summed E-state index contributed by atoms with van der Waals surface area (Å²) in [6.45, 7) is 0. The summed E-state index contributed by atoms with van der Waals surface area (Å²) < 4.78 is 7.37. The summed E-state index contributed by atoms with van der Waals surface area (Å²) in [6, 6.07) is 27.3. The van der Waals surface area contributed by atoms with Gasteiger partial charge in [0.2, 0.25) is 0 Å². The first-order valence-electron chi connectivity index (χ1n) is 8.12. The molecule has 0 aliphatic heterocycles. The first-order chi connectivity index (χ1) is 12.3. The number of hydrogen-bond donors (Lipinski definition) is 0. The van der Waals surface area contributed by atoms with Crippen LogP contribution < -0.4 is 10.2 Å². The third-order valence-electron chi connectivity index (χ3n) is 4.32. The van der Waals surface area contributed by atoms with Gasteiger partial charge in [0.05, 0.1) is 18.3 Å². The first kappa shape index (κ1) is 15.2. The zero-order valence-electron chi connectivity index (χ0n) is 13.8. The zero-order valence-corrected chi connectivity index (χ0v) is 13.8. The summed E-state index contributed by atoms with van der Waals surface area (Å²) in [5.74, 6) is 0.790. The molecular formula is C22H17NO2. The lowest BCUT2D eigenvalue weighted by Crippen LogP contribution is -2.10.